The Bertz CT molecular complexity index is 636. The van der Waals surface area contributed by atoms with Gasteiger partial charge in [-0.3, -0.25) is 4.99 Å². The topological polar surface area (TPSA) is 80.3 Å². The molecule has 0 saturated heterocycles. The standard InChI is InChI=1S/C15H22N6O.HI/c1-11-18-14-6-5-12(10-21(14)20-11)19-15(16-2)17-8-7-13-4-3-9-22-13;/h3-4,9,12H,5-8,10H2,1-2H3,(H2,16,17,19);1H. The van der Waals surface area contributed by atoms with Gasteiger partial charge in [0.05, 0.1) is 12.8 Å². The van der Waals surface area contributed by atoms with Crippen LogP contribution in [0.5, 0.6) is 0 Å². The Hall–Kier alpha value is -1.58. The second kappa shape index (κ2) is 8.32. The number of aromatic nitrogens is 3. The van der Waals surface area contributed by atoms with Crippen LogP contribution in [0.15, 0.2) is 27.8 Å². The van der Waals surface area contributed by atoms with Crippen molar-refractivity contribution in [2.24, 2.45) is 4.99 Å². The molecule has 0 radical (unpaired) electrons. The number of halogens is 1. The van der Waals surface area contributed by atoms with Gasteiger partial charge >= 0.3 is 0 Å². The molecule has 0 amide bonds. The van der Waals surface area contributed by atoms with E-state index >= 15 is 0 Å². The monoisotopic (exact) mass is 430 g/mol. The highest BCUT2D eigenvalue weighted by Crippen LogP contribution is 2.12. The lowest BCUT2D eigenvalue weighted by atomic mass is 10.1. The predicted octanol–water partition coefficient (Wildman–Crippen LogP) is 1.52. The van der Waals surface area contributed by atoms with E-state index in [2.05, 4.69) is 25.7 Å². The van der Waals surface area contributed by atoms with Crippen molar-refractivity contribution in [3.63, 3.8) is 0 Å². The summed E-state index contributed by atoms with van der Waals surface area (Å²) in [6, 6.07) is 4.21. The molecule has 0 spiro atoms. The van der Waals surface area contributed by atoms with Crippen molar-refractivity contribution in [1.82, 2.24) is 25.4 Å². The van der Waals surface area contributed by atoms with Crippen LogP contribution in [0.4, 0.5) is 0 Å². The maximum absolute atomic E-state index is 5.32. The molecule has 3 heterocycles. The fraction of sp³-hybridized carbons (Fsp3) is 0.533. The van der Waals surface area contributed by atoms with Crippen molar-refractivity contribution in [2.75, 3.05) is 13.6 Å². The van der Waals surface area contributed by atoms with Gasteiger partial charge in [-0.15, -0.1) is 24.0 Å². The normalized spacial score (nSPS) is 17.3. The van der Waals surface area contributed by atoms with Gasteiger partial charge in [-0.2, -0.15) is 5.10 Å². The summed E-state index contributed by atoms with van der Waals surface area (Å²) >= 11 is 0. The molecule has 8 heteroatoms. The zero-order valence-corrected chi connectivity index (χ0v) is 15.8. The van der Waals surface area contributed by atoms with Gasteiger partial charge in [0.15, 0.2) is 5.96 Å². The highest BCUT2D eigenvalue weighted by Gasteiger charge is 2.21. The van der Waals surface area contributed by atoms with Gasteiger partial charge in [0, 0.05) is 32.5 Å². The lowest BCUT2D eigenvalue weighted by molar-refractivity contribution is 0.392. The quantitative estimate of drug-likeness (QED) is 0.437. The second-order valence-corrected chi connectivity index (χ2v) is 5.47. The number of hydrogen-bond donors (Lipinski definition) is 2. The second-order valence-electron chi connectivity index (χ2n) is 5.47. The first kappa shape index (κ1) is 17.8. The van der Waals surface area contributed by atoms with Crippen LogP contribution in [0.1, 0.15) is 23.8 Å². The van der Waals surface area contributed by atoms with Crippen molar-refractivity contribution in [3.8, 4) is 0 Å². The van der Waals surface area contributed by atoms with E-state index in [0.717, 1.165) is 55.7 Å². The molecular formula is C15H23IN6O. The van der Waals surface area contributed by atoms with Crippen LogP contribution in [-0.2, 0) is 19.4 Å². The minimum atomic E-state index is 0. The average Bonchev–Trinajstić information content (AvgIpc) is 3.14. The Labute approximate surface area is 153 Å². The Morgan fingerprint density at radius 1 is 1.52 bits per heavy atom. The summed E-state index contributed by atoms with van der Waals surface area (Å²) < 4.78 is 7.31. The fourth-order valence-electron chi connectivity index (χ4n) is 2.70. The van der Waals surface area contributed by atoms with Gasteiger partial charge in [-0.25, -0.2) is 9.67 Å². The van der Waals surface area contributed by atoms with E-state index in [1.54, 1.807) is 13.3 Å². The van der Waals surface area contributed by atoms with E-state index in [4.69, 9.17) is 4.42 Å². The molecule has 0 saturated carbocycles. The number of nitrogens with zero attached hydrogens (tertiary/aromatic N) is 4. The number of fused-ring (bicyclic) bond motifs is 1. The smallest absolute Gasteiger partial charge is 0.191 e. The van der Waals surface area contributed by atoms with Gasteiger partial charge in [0.2, 0.25) is 0 Å². The van der Waals surface area contributed by atoms with Gasteiger partial charge < -0.3 is 15.1 Å². The maximum Gasteiger partial charge on any atom is 0.191 e. The van der Waals surface area contributed by atoms with Crippen LogP contribution in [0.3, 0.4) is 0 Å². The Balaban J connectivity index is 0.00000192. The van der Waals surface area contributed by atoms with E-state index in [9.17, 15) is 0 Å². The van der Waals surface area contributed by atoms with E-state index in [0.29, 0.717) is 6.04 Å². The van der Waals surface area contributed by atoms with Gasteiger partial charge in [-0.05, 0) is 25.5 Å². The van der Waals surface area contributed by atoms with Crippen LogP contribution in [0.2, 0.25) is 0 Å². The molecule has 0 bridgehead atoms. The van der Waals surface area contributed by atoms with Crippen molar-refractivity contribution < 1.29 is 4.42 Å². The summed E-state index contributed by atoms with van der Waals surface area (Å²) in [6.45, 7) is 3.55. The summed E-state index contributed by atoms with van der Waals surface area (Å²) in [5.41, 5.74) is 0. The number of aliphatic imine (C=N–C) groups is 1. The Morgan fingerprint density at radius 3 is 3.13 bits per heavy atom. The van der Waals surface area contributed by atoms with E-state index in [-0.39, 0.29) is 24.0 Å². The minimum absolute atomic E-state index is 0. The number of guanidine groups is 1. The predicted molar refractivity (Wildman–Crippen MR) is 99.2 cm³/mol. The third-order valence-corrected chi connectivity index (χ3v) is 3.77. The first-order chi connectivity index (χ1) is 10.7. The summed E-state index contributed by atoms with van der Waals surface area (Å²) in [5, 5.41) is 11.2. The van der Waals surface area contributed by atoms with Crippen LogP contribution in [0, 0.1) is 6.92 Å². The van der Waals surface area contributed by atoms with Gasteiger partial charge in [-0.1, -0.05) is 0 Å². The molecular weight excluding hydrogens is 407 g/mol. The number of nitrogens with one attached hydrogen (secondary N) is 2. The Kier molecular flexibility index (Phi) is 6.43. The summed E-state index contributed by atoms with van der Waals surface area (Å²) in [4.78, 5) is 8.71. The molecule has 2 N–H and O–H groups in total. The molecule has 2 aromatic heterocycles. The van der Waals surface area contributed by atoms with Crippen LogP contribution >= 0.6 is 24.0 Å². The zero-order valence-electron chi connectivity index (χ0n) is 13.5. The van der Waals surface area contributed by atoms with E-state index in [1.807, 2.05) is 23.7 Å². The maximum atomic E-state index is 5.32. The molecule has 1 aliphatic heterocycles. The number of furan rings is 1. The van der Waals surface area contributed by atoms with Crippen LogP contribution in [0.25, 0.3) is 0 Å². The molecule has 7 nitrogen and oxygen atoms in total. The molecule has 1 unspecified atom stereocenters. The fourth-order valence-corrected chi connectivity index (χ4v) is 2.70. The highest BCUT2D eigenvalue weighted by atomic mass is 127. The van der Waals surface area contributed by atoms with Crippen molar-refractivity contribution in [2.45, 2.75) is 38.8 Å². The summed E-state index contributed by atoms with van der Waals surface area (Å²) in [6.07, 6.45) is 4.52. The zero-order chi connectivity index (χ0) is 15.4. The van der Waals surface area contributed by atoms with E-state index < -0.39 is 0 Å². The molecule has 23 heavy (non-hydrogen) atoms. The third kappa shape index (κ3) is 4.69. The first-order valence-corrected chi connectivity index (χ1v) is 7.64. The lowest BCUT2D eigenvalue weighted by Gasteiger charge is -2.25. The van der Waals surface area contributed by atoms with E-state index in [1.165, 1.54) is 0 Å². The number of hydrogen-bond acceptors (Lipinski definition) is 4. The molecule has 0 aromatic carbocycles. The molecule has 0 fully saturated rings. The first-order valence-electron chi connectivity index (χ1n) is 7.64. The molecule has 1 atom stereocenters. The van der Waals surface area contributed by atoms with Crippen molar-refractivity contribution in [3.05, 3.63) is 35.8 Å². The van der Waals surface area contributed by atoms with Crippen molar-refractivity contribution >= 4 is 29.9 Å². The third-order valence-electron chi connectivity index (χ3n) is 3.77. The molecule has 2 aromatic rings. The average molecular weight is 430 g/mol. The lowest BCUT2D eigenvalue weighted by Crippen LogP contribution is -2.47. The number of aryl methyl sites for hydroxylation is 2. The number of rotatable bonds is 4. The van der Waals surface area contributed by atoms with Crippen LogP contribution in [-0.4, -0.2) is 40.4 Å². The van der Waals surface area contributed by atoms with Crippen molar-refractivity contribution in [1.29, 1.82) is 0 Å². The molecule has 1 aliphatic rings. The SMILES string of the molecule is CN=C(NCCc1ccco1)NC1CCc2nc(C)nn2C1.I. The summed E-state index contributed by atoms with van der Waals surface area (Å²) in [7, 11) is 1.79. The van der Waals surface area contributed by atoms with Gasteiger partial charge in [0.1, 0.15) is 17.4 Å². The van der Waals surface area contributed by atoms with Gasteiger partial charge in [0.25, 0.3) is 0 Å². The minimum Gasteiger partial charge on any atom is -0.469 e. The highest BCUT2D eigenvalue weighted by molar-refractivity contribution is 14.0. The summed E-state index contributed by atoms with van der Waals surface area (Å²) in [5.74, 6) is 3.72. The molecule has 3 rings (SSSR count). The molecule has 0 aliphatic carbocycles. The molecule has 126 valence electrons. The largest absolute Gasteiger partial charge is 0.469 e. The van der Waals surface area contributed by atoms with Crippen LogP contribution < -0.4 is 10.6 Å². The Morgan fingerprint density at radius 2 is 2.39 bits per heavy atom.